The number of carbonyl (C=O) groups excluding carboxylic acids is 2. The maximum atomic E-state index is 13.3. The number of thioether (sulfide) groups is 2. The fraction of sp³-hybridized carbons (Fsp3) is 0.353. The summed E-state index contributed by atoms with van der Waals surface area (Å²) in [7, 11) is 0. The summed E-state index contributed by atoms with van der Waals surface area (Å²) in [5.74, 6) is 0. The second kappa shape index (κ2) is 12.1. The van der Waals surface area contributed by atoms with Gasteiger partial charge in [-0.2, -0.15) is 0 Å². The van der Waals surface area contributed by atoms with E-state index in [9.17, 15) is 9.59 Å². The number of aryl methyl sites for hydroxylation is 1. The van der Waals surface area contributed by atoms with Gasteiger partial charge in [-0.1, -0.05) is 27.7 Å². The number of thiophene rings is 4. The van der Waals surface area contributed by atoms with Crippen LogP contribution in [0.25, 0.3) is 34.8 Å². The van der Waals surface area contributed by atoms with Crippen molar-refractivity contribution in [3.63, 3.8) is 0 Å². The molecule has 230 valence electrons. The van der Waals surface area contributed by atoms with Gasteiger partial charge in [0.05, 0.1) is 5.57 Å². The summed E-state index contributed by atoms with van der Waals surface area (Å²) in [4.78, 5) is 36.4. The molecule has 0 unspecified atom stereocenters. The Bertz CT molecular complexity index is 1850. The van der Waals surface area contributed by atoms with Crippen molar-refractivity contribution >= 4 is 84.7 Å². The zero-order valence-corrected chi connectivity index (χ0v) is 30.6. The van der Waals surface area contributed by atoms with Crippen LogP contribution >= 0.6 is 68.9 Å². The molecule has 6 rings (SSSR count). The van der Waals surface area contributed by atoms with Gasteiger partial charge in [0.15, 0.2) is 0 Å². The smallest absolute Gasteiger partial charge is 0.226 e. The van der Waals surface area contributed by atoms with E-state index in [1.807, 2.05) is 25.2 Å². The summed E-state index contributed by atoms with van der Waals surface area (Å²) in [5.41, 5.74) is 17.4. The van der Waals surface area contributed by atoms with E-state index in [1.54, 1.807) is 34.0 Å². The topological polar surface area (TPSA) is 86.2 Å². The molecule has 2 aliphatic heterocycles. The quantitative estimate of drug-likeness (QED) is 0.172. The van der Waals surface area contributed by atoms with Crippen LogP contribution in [-0.4, -0.2) is 15.8 Å². The van der Waals surface area contributed by atoms with Crippen LogP contribution in [0.3, 0.4) is 0 Å². The first-order valence-corrected chi connectivity index (χ1v) is 19.9. The van der Waals surface area contributed by atoms with Crippen LogP contribution in [-0.2, 0) is 15.1 Å². The highest BCUT2D eigenvalue weighted by atomic mass is 32.2. The molecule has 10 heteroatoms. The van der Waals surface area contributed by atoms with E-state index >= 15 is 0 Å². The molecule has 4 aromatic heterocycles. The summed E-state index contributed by atoms with van der Waals surface area (Å²) in [6.07, 6.45) is 3.15. The predicted molar refractivity (Wildman–Crippen MR) is 197 cm³/mol. The normalized spacial score (nSPS) is 15.8. The van der Waals surface area contributed by atoms with E-state index in [4.69, 9.17) is 11.5 Å². The first kappa shape index (κ1) is 32.2. The lowest BCUT2D eigenvalue weighted by atomic mass is 9.85. The van der Waals surface area contributed by atoms with Crippen LogP contribution in [0.1, 0.15) is 74.9 Å². The van der Waals surface area contributed by atoms with E-state index in [0.29, 0.717) is 24.0 Å². The SMILES string of the molecule is CCC(N)(CC)C1=C2SC(=O)C(c3cc(C)c(-c4ccc(-c5ccc(-c6scc(C(N)(CC)CC)c6C)s5)s4)s3)=C2SC1=O. The number of nitrogens with two attached hydrogens (primary N) is 2. The van der Waals surface area contributed by atoms with Crippen molar-refractivity contribution in [1.29, 1.82) is 0 Å². The molecule has 0 aliphatic carbocycles. The van der Waals surface area contributed by atoms with E-state index in [-0.39, 0.29) is 15.8 Å². The molecular formula is C34H36N2O2S6. The number of carbonyl (C=O) groups is 2. The Balaban J connectivity index is 1.30. The van der Waals surface area contributed by atoms with Gasteiger partial charge in [0.1, 0.15) is 0 Å². The van der Waals surface area contributed by atoms with Gasteiger partial charge in [0.25, 0.3) is 0 Å². The predicted octanol–water partition coefficient (Wildman–Crippen LogP) is 10.6. The van der Waals surface area contributed by atoms with Crippen molar-refractivity contribution in [3.8, 4) is 29.3 Å². The van der Waals surface area contributed by atoms with Gasteiger partial charge in [0.2, 0.25) is 10.2 Å². The largest absolute Gasteiger partial charge is 0.321 e. The second-order valence-corrected chi connectivity index (χ2v) is 17.5. The summed E-state index contributed by atoms with van der Waals surface area (Å²) < 4.78 is 0. The monoisotopic (exact) mass is 696 g/mol. The van der Waals surface area contributed by atoms with Crippen LogP contribution in [0.15, 0.2) is 51.1 Å². The Morgan fingerprint density at radius 2 is 1.20 bits per heavy atom. The summed E-state index contributed by atoms with van der Waals surface area (Å²) in [6.45, 7) is 12.7. The fourth-order valence-corrected chi connectivity index (χ4v) is 13.5. The van der Waals surface area contributed by atoms with Gasteiger partial charge in [-0.3, -0.25) is 9.59 Å². The maximum absolute atomic E-state index is 13.3. The molecule has 0 amide bonds. The molecule has 0 aromatic carbocycles. The van der Waals surface area contributed by atoms with Gasteiger partial charge in [-0.05, 0) is 115 Å². The second-order valence-electron chi connectivity index (χ2n) is 11.5. The zero-order valence-electron chi connectivity index (χ0n) is 25.7. The summed E-state index contributed by atoms with van der Waals surface area (Å²) in [5, 5.41) is 2.24. The minimum absolute atomic E-state index is 0.00428. The Labute approximate surface area is 284 Å². The molecule has 44 heavy (non-hydrogen) atoms. The van der Waals surface area contributed by atoms with Crippen molar-refractivity contribution in [2.45, 2.75) is 78.3 Å². The van der Waals surface area contributed by atoms with Crippen molar-refractivity contribution in [1.82, 2.24) is 0 Å². The number of rotatable bonds is 10. The molecule has 2 aliphatic rings. The van der Waals surface area contributed by atoms with Crippen LogP contribution < -0.4 is 11.5 Å². The third kappa shape index (κ3) is 5.19. The van der Waals surface area contributed by atoms with Gasteiger partial charge < -0.3 is 11.5 Å². The number of hydrogen-bond donors (Lipinski definition) is 2. The Morgan fingerprint density at radius 1 is 0.659 bits per heavy atom. The number of fused-ring (bicyclic) bond motifs is 1. The fourth-order valence-electron chi connectivity index (χ4n) is 5.96. The Kier molecular flexibility index (Phi) is 8.86. The van der Waals surface area contributed by atoms with Crippen molar-refractivity contribution in [2.75, 3.05) is 0 Å². The molecule has 0 saturated carbocycles. The molecule has 4 N–H and O–H groups in total. The van der Waals surface area contributed by atoms with Crippen LogP contribution in [0.5, 0.6) is 0 Å². The molecule has 0 spiro atoms. The van der Waals surface area contributed by atoms with Gasteiger partial charge in [-0.25, -0.2) is 0 Å². The highest BCUT2D eigenvalue weighted by Gasteiger charge is 2.46. The molecule has 0 radical (unpaired) electrons. The van der Waals surface area contributed by atoms with E-state index in [2.05, 4.69) is 63.4 Å². The summed E-state index contributed by atoms with van der Waals surface area (Å²) in [6, 6.07) is 10.9. The highest BCUT2D eigenvalue weighted by molar-refractivity contribution is 8.25. The first-order valence-electron chi connectivity index (χ1n) is 14.9. The highest BCUT2D eigenvalue weighted by Crippen LogP contribution is 2.58. The molecule has 0 fully saturated rings. The molecular weight excluding hydrogens is 661 g/mol. The van der Waals surface area contributed by atoms with E-state index in [0.717, 1.165) is 33.1 Å². The van der Waals surface area contributed by atoms with Crippen LogP contribution in [0, 0.1) is 13.8 Å². The Hall–Kier alpha value is -1.76. The average Bonchev–Trinajstić information content (AvgIpc) is 3.85. The van der Waals surface area contributed by atoms with Gasteiger partial charge in [-0.15, -0.1) is 45.3 Å². The maximum Gasteiger partial charge on any atom is 0.226 e. The lowest BCUT2D eigenvalue weighted by Gasteiger charge is -2.27. The van der Waals surface area contributed by atoms with Crippen molar-refractivity contribution < 1.29 is 9.59 Å². The van der Waals surface area contributed by atoms with E-state index in [1.165, 1.54) is 63.9 Å². The molecule has 4 aromatic rings. The number of hydrogen-bond acceptors (Lipinski definition) is 10. The molecule has 0 saturated heterocycles. The Morgan fingerprint density at radius 3 is 1.80 bits per heavy atom. The van der Waals surface area contributed by atoms with Crippen LogP contribution in [0.4, 0.5) is 0 Å². The first-order chi connectivity index (χ1) is 21.0. The molecule has 6 heterocycles. The average molecular weight is 697 g/mol. The van der Waals surface area contributed by atoms with Gasteiger partial charge >= 0.3 is 0 Å². The summed E-state index contributed by atoms with van der Waals surface area (Å²) >= 11 is 9.39. The minimum atomic E-state index is -0.708. The van der Waals surface area contributed by atoms with Crippen molar-refractivity contribution in [3.05, 3.63) is 72.7 Å². The third-order valence-electron chi connectivity index (χ3n) is 9.12. The standard InChI is InChI=1S/C34H36N2O2S6/c1-7-33(35,8-2)19-16-39-28(18(19)6)23-14-12-21(41-23)20-11-13-22(40-20)27-17(5)15-24(42-27)25-29-30(44-31(25)37)26(32(38)43-29)34(36,9-3)10-4/h11-16H,7-10,35-36H2,1-6H3. The van der Waals surface area contributed by atoms with Crippen LogP contribution in [0.2, 0.25) is 0 Å². The molecule has 0 atom stereocenters. The third-order valence-corrected chi connectivity index (χ3v) is 16.3. The lowest BCUT2D eigenvalue weighted by molar-refractivity contribution is -0.108. The zero-order chi connectivity index (χ0) is 31.6. The van der Waals surface area contributed by atoms with E-state index < -0.39 is 5.54 Å². The minimum Gasteiger partial charge on any atom is -0.321 e. The lowest BCUT2D eigenvalue weighted by Crippen LogP contribution is -2.42. The molecule has 0 bridgehead atoms. The molecule has 4 nitrogen and oxygen atoms in total. The van der Waals surface area contributed by atoms with Gasteiger partial charge in [0, 0.05) is 60.6 Å². The van der Waals surface area contributed by atoms with Crippen molar-refractivity contribution in [2.24, 2.45) is 11.5 Å².